The third-order valence-electron chi connectivity index (χ3n) is 6.54. The fraction of sp³-hybridized carbons (Fsp3) is 0.156. The number of aliphatic hydroxyl groups excluding tert-OH is 1. The smallest absolute Gasteiger partial charge is 0.437 e. The summed E-state index contributed by atoms with van der Waals surface area (Å²) in [4.78, 5) is 3.39. The summed E-state index contributed by atoms with van der Waals surface area (Å²) in [6.07, 6.45) is 1.36. The Bertz CT molecular complexity index is 1680. The van der Waals surface area contributed by atoms with Crippen LogP contribution in [0.5, 0.6) is 0 Å². The lowest BCUT2D eigenvalue weighted by molar-refractivity contribution is -0.249. The lowest BCUT2D eigenvalue weighted by Gasteiger charge is -2.33. The van der Waals surface area contributed by atoms with E-state index in [1.807, 2.05) is 54.4 Å². The summed E-state index contributed by atoms with van der Waals surface area (Å²) in [5.74, 6) is -0.702. The van der Waals surface area contributed by atoms with Crippen LogP contribution < -0.4 is 4.90 Å². The van der Waals surface area contributed by atoms with E-state index in [0.29, 0.717) is 11.4 Å². The van der Waals surface area contributed by atoms with E-state index in [-0.39, 0.29) is 12.2 Å². The number of nitriles is 3. The molecule has 0 aliphatic carbocycles. The minimum Gasteiger partial charge on any atom is -0.465 e. The molecule has 42 heavy (non-hydrogen) atoms. The Morgan fingerprint density at radius 1 is 0.929 bits per heavy atom. The van der Waals surface area contributed by atoms with Crippen LogP contribution in [0.15, 0.2) is 95.3 Å². The number of likely N-dealkylation sites (N-methyl/N-ethyl adjacent to an activating group) is 1. The fourth-order valence-electron chi connectivity index (χ4n) is 4.44. The molecule has 1 N–H and O–H groups in total. The number of allylic oxidation sites excluding steroid dienone is 2. The zero-order valence-electron chi connectivity index (χ0n) is 22.3. The first-order valence-corrected chi connectivity index (χ1v) is 13.4. The molecule has 0 saturated carbocycles. The molecule has 1 atom stereocenters. The summed E-state index contributed by atoms with van der Waals surface area (Å²) in [5, 5.41) is 37.7. The third-order valence-corrected chi connectivity index (χ3v) is 7.56. The Kier molecular flexibility index (Phi) is 8.98. The summed E-state index contributed by atoms with van der Waals surface area (Å²) in [5.41, 5.74) is -3.26. The van der Waals surface area contributed by atoms with Crippen LogP contribution in [0.3, 0.4) is 0 Å². The lowest BCUT2D eigenvalue weighted by Crippen LogP contribution is -2.43. The Morgan fingerprint density at radius 3 is 2.10 bits per heavy atom. The first-order chi connectivity index (χ1) is 20.2. The number of hydrogen-bond acceptors (Lipinski definition) is 7. The van der Waals surface area contributed by atoms with Crippen LogP contribution in [0, 0.1) is 34.0 Å². The van der Waals surface area contributed by atoms with Gasteiger partial charge in [0.15, 0.2) is 11.3 Å². The van der Waals surface area contributed by atoms with Gasteiger partial charge >= 0.3 is 6.18 Å². The van der Waals surface area contributed by atoms with Gasteiger partial charge in [0.2, 0.25) is 0 Å². The zero-order chi connectivity index (χ0) is 30.3. The van der Waals surface area contributed by atoms with Crippen molar-refractivity contribution < 1.29 is 23.0 Å². The number of alkyl halides is 3. The fourth-order valence-corrected chi connectivity index (χ4v) is 5.26. The van der Waals surface area contributed by atoms with Crippen LogP contribution in [-0.4, -0.2) is 31.5 Å². The normalized spacial score (nSPS) is 16.8. The minimum atomic E-state index is -5.04. The standard InChI is InChI=1S/C32H23F3N4O2S/c1-39(17-18-40)25-10-7-22(8-11-25)9-12-26-13-14-27(42-26)15-16-29-28(21-38)30(23(19-36)20-37)41-31(29,32(33,34)35)24-5-3-2-4-6-24/h2-16,40H,17-18H2,1H3/b12-9+,16-15+. The van der Waals surface area contributed by atoms with Gasteiger partial charge in [0.1, 0.15) is 23.8 Å². The number of halogens is 3. The largest absolute Gasteiger partial charge is 0.465 e. The summed E-state index contributed by atoms with van der Waals surface area (Å²) in [6, 6.07) is 22.9. The molecular formula is C32H23F3N4O2S. The molecule has 3 aromatic rings. The molecule has 1 aromatic heterocycles. The Hall–Kier alpha value is -5.08. The molecule has 0 fully saturated rings. The van der Waals surface area contributed by atoms with Gasteiger partial charge in [-0.05, 0) is 42.0 Å². The molecule has 2 aromatic carbocycles. The number of hydrogen-bond donors (Lipinski definition) is 1. The van der Waals surface area contributed by atoms with Crippen LogP contribution in [0.1, 0.15) is 20.9 Å². The molecule has 0 bridgehead atoms. The Balaban J connectivity index is 1.71. The number of benzene rings is 2. The first-order valence-electron chi connectivity index (χ1n) is 12.6. The quantitative estimate of drug-likeness (QED) is 0.287. The zero-order valence-corrected chi connectivity index (χ0v) is 23.1. The molecule has 0 saturated heterocycles. The maximum atomic E-state index is 14.9. The van der Waals surface area contributed by atoms with E-state index in [0.717, 1.165) is 16.1 Å². The molecule has 0 amide bonds. The van der Waals surface area contributed by atoms with Crippen molar-refractivity contribution in [1.29, 1.82) is 15.8 Å². The van der Waals surface area contributed by atoms with Crippen molar-refractivity contribution in [3.8, 4) is 18.2 Å². The summed E-state index contributed by atoms with van der Waals surface area (Å²) in [6.45, 7) is 0.571. The van der Waals surface area contributed by atoms with Crippen molar-refractivity contribution in [2.45, 2.75) is 11.8 Å². The maximum absolute atomic E-state index is 14.9. The Labute approximate surface area is 245 Å². The van der Waals surface area contributed by atoms with Crippen molar-refractivity contribution in [2.24, 2.45) is 0 Å². The second-order valence-electron chi connectivity index (χ2n) is 9.12. The number of nitrogens with zero attached hydrogens (tertiary/aromatic N) is 4. The minimum absolute atomic E-state index is 0.0531. The molecular weight excluding hydrogens is 561 g/mol. The van der Waals surface area contributed by atoms with Crippen LogP contribution in [-0.2, 0) is 10.3 Å². The second kappa shape index (κ2) is 12.6. The summed E-state index contributed by atoms with van der Waals surface area (Å²) >= 11 is 1.32. The number of anilines is 1. The van der Waals surface area contributed by atoms with E-state index in [1.165, 1.54) is 59.9 Å². The molecule has 4 rings (SSSR count). The van der Waals surface area contributed by atoms with E-state index in [4.69, 9.17) is 9.84 Å². The average Bonchev–Trinajstić information content (AvgIpc) is 3.59. The van der Waals surface area contributed by atoms with Crippen molar-refractivity contribution in [2.75, 3.05) is 25.1 Å². The molecule has 0 radical (unpaired) electrons. The van der Waals surface area contributed by atoms with E-state index in [1.54, 1.807) is 18.2 Å². The molecule has 6 nitrogen and oxygen atoms in total. The van der Waals surface area contributed by atoms with Crippen molar-refractivity contribution in [3.63, 3.8) is 0 Å². The van der Waals surface area contributed by atoms with Crippen molar-refractivity contribution in [1.82, 2.24) is 0 Å². The highest BCUT2D eigenvalue weighted by Crippen LogP contribution is 2.55. The van der Waals surface area contributed by atoms with Gasteiger partial charge in [-0.15, -0.1) is 11.3 Å². The Morgan fingerprint density at radius 2 is 1.55 bits per heavy atom. The van der Waals surface area contributed by atoms with E-state index < -0.39 is 34.3 Å². The van der Waals surface area contributed by atoms with Crippen molar-refractivity contribution >= 4 is 35.3 Å². The van der Waals surface area contributed by atoms with Gasteiger partial charge in [0.05, 0.1) is 6.61 Å². The average molecular weight is 585 g/mol. The van der Waals surface area contributed by atoms with Crippen LogP contribution in [0.25, 0.3) is 18.2 Å². The number of thiophene rings is 1. The lowest BCUT2D eigenvalue weighted by atomic mass is 9.84. The highest BCUT2D eigenvalue weighted by atomic mass is 32.1. The highest BCUT2D eigenvalue weighted by molar-refractivity contribution is 7.13. The number of aliphatic hydroxyl groups is 1. The van der Waals surface area contributed by atoms with E-state index in [2.05, 4.69) is 0 Å². The molecule has 1 aliphatic heterocycles. The van der Waals surface area contributed by atoms with Gasteiger partial charge in [-0.2, -0.15) is 29.0 Å². The monoisotopic (exact) mass is 584 g/mol. The molecule has 1 unspecified atom stereocenters. The predicted octanol–water partition coefficient (Wildman–Crippen LogP) is 6.97. The predicted molar refractivity (Wildman–Crippen MR) is 155 cm³/mol. The van der Waals surface area contributed by atoms with Gasteiger partial charge in [0.25, 0.3) is 5.60 Å². The van der Waals surface area contributed by atoms with Crippen LogP contribution >= 0.6 is 11.3 Å². The summed E-state index contributed by atoms with van der Waals surface area (Å²) in [7, 11) is 1.89. The molecule has 210 valence electrons. The van der Waals surface area contributed by atoms with E-state index >= 15 is 0 Å². The van der Waals surface area contributed by atoms with Gasteiger partial charge in [-0.1, -0.05) is 54.6 Å². The molecule has 0 spiro atoms. The van der Waals surface area contributed by atoms with Gasteiger partial charge in [0, 0.05) is 40.2 Å². The maximum Gasteiger partial charge on any atom is 0.437 e. The summed E-state index contributed by atoms with van der Waals surface area (Å²) < 4.78 is 50.1. The topological polar surface area (TPSA) is 104 Å². The SMILES string of the molecule is CN(CCO)c1ccc(/C=C/c2ccc(/C=C/C3=C(C#N)C(=C(C#N)C#N)OC3(c3ccccc3)C(F)(F)F)s2)cc1. The number of ether oxygens (including phenoxy) is 1. The van der Waals surface area contributed by atoms with Gasteiger partial charge < -0.3 is 14.7 Å². The van der Waals surface area contributed by atoms with Crippen LogP contribution in [0.4, 0.5) is 18.9 Å². The highest BCUT2D eigenvalue weighted by Gasteiger charge is 2.65. The van der Waals surface area contributed by atoms with Crippen molar-refractivity contribution in [3.05, 3.63) is 116 Å². The molecule has 1 aliphatic rings. The van der Waals surface area contributed by atoms with Gasteiger partial charge in [-0.3, -0.25) is 0 Å². The van der Waals surface area contributed by atoms with Gasteiger partial charge in [-0.25, -0.2) is 0 Å². The van der Waals surface area contributed by atoms with E-state index in [9.17, 15) is 29.0 Å². The first kappa shape index (κ1) is 29.9. The molecule has 2 heterocycles. The number of rotatable bonds is 8. The molecule has 10 heteroatoms. The second-order valence-corrected chi connectivity index (χ2v) is 10.3. The third kappa shape index (κ3) is 5.84. The van der Waals surface area contributed by atoms with Crippen LogP contribution in [0.2, 0.25) is 0 Å².